The highest BCUT2D eigenvalue weighted by Crippen LogP contribution is 2.17. The first-order valence-electron chi connectivity index (χ1n) is 5.98. The second kappa shape index (κ2) is 7.18. The van der Waals surface area contributed by atoms with Crippen molar-refractivity contribution in [2.45, 2.75) is 24.5 Å². The summed E-state index contributed by atoms with van der Waals surface area (Å²) in [6.45, 7) is 0.196. The molecule has 0 spiro atoms. The number of benzene rings is 1. The summed E-state index contributed by atoms with van der Waals surface area (Å²) in [7, 11) is 0. The fourth-order valence-corrected chi connectivity index (χ4v) is 2.22. The number of hydrogen-bond donors (Lipinski definition) is 1. The molecule has 4 nitrogen and oxygen atoms in total. The molecule has 0 bridgehead atoms. The Kier molecular flexibility index (Phi) is 5.23. The van der Waals surface area contributed by atoms with Gasteiger partial charge >= 0.3 is 0 Å². The molecule has 0 aliphatic heterocycles. The van der Waals surface area contributed by atoms with Crippen molar-refractivity contribution < 1.29 is 9.52 Å². The van der Waals surface area contributed by atoms with Gasteiger partial charge in [0.15, 0.2) is 0 Å². The molecule has 0 aliphatic rings. The fourth-order valence-electron chi connectivity index (χ4n) is 1.52. The Morgan fingerprint density at radius 3 is 2.72 bits per heavy atom. The van der Waals surface area contributed by atoms with Crippen molar-refractivity contribution in [2.24, 2.45) is 0 Å². The highest BCUT2D eigenvalue weighted by molar-refractivity contribution is 7.99. The minimum atomic E-state index is 0.196. The maximum absolute atomic E-state index is 8.68. The summed E-state index contributed by atoms with van der Waals surface area (Å²) in [5.41, 5.74) is 1.27. The lowest BCUT2D eigenvalue weighted by Gasteiger charge is -1.97. The van der Waals surface area contributed by atoms with Crippen LogP contribution in [-0.2, 0) is 12.8 Å². The Labute approximate surface area is 110 Å². The fraction of sp³-hybridized carbons (Fsp3) is 0.385. The Bertz CT molecular complexity index is 459. The van der Waals surface area contributed by atoms with Crippen molar-refractivity contribution in [3.63, 3.8) is 0 Å². The van der Waals surface area contributed by atoms with Gasteiger partial charge < -0.3 is 9.52 Å². The molecule has 1 heterocycles. The zero-order valence-corrected chi connectivity index (χ0v) is 10.9. The zero-order valence-electron chi connectivity index (χ0n) is 10.1. The summed E-state index contributed by atoms with van der Waals surface area (Å²) in [5.74, 6) is 1.47. The van der Waals surface area contributed by atoms with E-state index in [1.165, 1.54) is 17.3 Å². The van der Waals surface area contributed by atoms with Crippen LogP contribution in [0.5, 0.6) is 0 Å². The van der Waals surface area contributed by atoms with Crippen LogP contribution in [0.25, 0.3) is 0 Å². The van der Waals surface area contributed by atoms with E-state index in [4.69, 9.17) is 9.52 Å². The van der Waals surface area contributed by atoms with Gasteiger partial charge in [-0.3, -0.25) is 0 Å². The SMILES string of the molecule is OCCCSc1nnc(CCc2ccccc2)o1. The maximum Gasteiger partial charge on any atom is 0.276 e. The molecule has 1 aromatic heterocycles. The predicted molar refractivity (Wildman–Crippen MR) is 70.6 cm³/mol. The molecule has 0 fully saturated rings. The van der Waals surface area contributed by atoms with Crippen LogP contribution in [0.1, 0.15) is 17.9 Å². The third-order valence-corrected chi connectivity index (χ3v) is 3.35. The number of hydrogen-bond acceptors (Lipinski definition) is 5. The van der Waals surface area contributed by atoms with Crippen molar-refractivity contribution in [3.8, 4) is 0 Å². The Hall–Kier alpha value is -1.33. The lowest BCUT2D eigenvalue weighted by Crippen LogP contribution is -1.90. The monoisotopic (exact) mass is 264 g/mol. The lowest BCUT2D eigenvalue weighted by atomic mass is 10.1. The van der Waals surface area contributed by atoms with E-state index in [1.54, 1.807) is 0 Å². The molecule has 0 aliphatic carbocycles. The molecule has 0 unspecified atom stereocenters. The lowest BCUT2D eigenvalue weighted by molar-refractivity contribution is 0.296. The van der Waals surface area contributed by atoms with Crippen LogP contribution in [0.2, 0.25) is 0 Å². The molecule has 1 aromatic carbocycles. The minimum Gasteiger partial charge on any atom is -0.416 e. The number of thioether (sulfide) groups is 1. The van der Waals surface area contributed by atoms with Crippen LogP contribution < -0.4 is 0 Å². The Morgan fingerprint density at radius 1 is 1.11 bits per heavy atom. The number of aliphatic hydroxyl groups is 1. The standard InChI is InChI=1S/C13H16N2O2S/c16-9-4-10-18-13-15-14-12(17-13)8-7-11-5-2-1-3-6-11/h1-3,5-6,16H,4,7-10H2. The van der Waals surface area contributed by atoms with Crippen molar-refractivity contribution in [1.82, 2.24) is 10.2 Å². The average Bonchev–Trinajstić information content (AvgIpc) is 2.86. The van der Waals surface area contributed by atoms with Crippen molar-refractivity contribution in [1.29, 1.82) is 0 Å². The molecule has 96 valence electrons. The van der Waals surface area contributed by atoms with E-state index < -0.39 is 0 Å². The van der Waals surface area contributed by atoms with Gasteiger partial charge in [-0.1, -0.05) is 42.1 Å². The molecule has 5 heteroatoms. The summed E-state index contributed by atoms with van der Waals surface area (Å²) in [5, 5.41) is 17.2. The first kappa shape index (κ1) is 13.1. The minimum absolute atomic E-state index is 0.196. The number of rotatable bonds is 7. The Morgan fingerprint density at radius 2 is 1.94 bits per heavy atom. The van der Waals surface area contributed by atoms with Gasteiger partial charge in [0.2, 0.25) is 5.89 Å². The van der Waals surface area contributed by atoms with Crippen molar-refractivity contribution >= 4 is 11.8 Å². The summed E-state index contributed by atoms with van der Waals surface area (Å²) < 4.78 is 5.51. The quantitative estimate of drug-likeness (QED) is 0.614. The van der Waals surface area contributed by atoms with Gasteiger partial charge in [-0.2, -0.15) is 0 Å². The van der Waals surface area contributed by atoms with Crippen molar-refractivity contribution in [2.75, 3.05) is 12.4 Å². The molecular weight excluding hydrogens is 248 g/mol. The van der Waals surface area contributed by atoms with Crippen LogP contribution >= 0.6 is 11.8 Å². The second-order valence-electron chi connectivity index (χ2n) is 3.87. The topological polar surface area (TPSA) is 59.2 Å². The normalized spacial score (nSPS) is 10.7. The van der Waals surface area contributed by atoms with Gasteiger partial charge in [-0.05, 0) is 18.4 Å². The summed E-state index contributed by atoms with van der Waals surface area (Å²) in [4.78, 5) is 0. The first-order chi connectivity index (χ1) is 8.88. The zero-order chi connectivity index (χ0) is 12.6. The molecule has 0 saturated carbocycles. The highest BCUT2D eigenvalue weighted by atomic mass is 32.2. The summed E-state index contributed by atoms with van der Waals surface area (Å²) >= 11 is 1.49. The third-order valence-electron chi connectivity index (χ3n) is 2.45. The largest absolute Gasteiger partial charge is 0.416 e. The molecule has 0 radical (unpaired) electrons. The molecule has 2 aromatic rings. The van der Waals surface area contributed by atoms with E-state index in [-0.39, 0.29) is 6.61 Å². The average molecular weight is 264 g/mol. The van der Waals surface area contributed by atoms with Crippen molar-refractivity contribution in [3.05, 3.63) is 41.8 Å². The number of aryl methyl sites for hydroxylation is 2. The molecule has 1 N–H and O–H groups in total. The van der Waals surface area contributed by atoms with Gasteiger partial charge in [0.05, 0.1) is 0 Å². The predicted octanol–water partition coefficient (Wildman–Crippen LogP) is 2.33. The summed E-state index contributed by atoms with van der Waals surface area (Å²) in [6, 6.07) is 10.2. The van der Waals surface area contributed by atoms with E-state index >= 15 is 0 Å². The molecule has 0 amide bonds. The van der Waals surface area contributed by atoms with E-state index in [0.717, 1.165) is 25.0 Å². The summed E-state index contributed by atoms with van der Waals surface area (Å²) in [6.07, 6.45) is 2.41. The molecular formula is C13H16N2O2S. The molecule has 18 heavy (non-hydrogen) atoms. The Balaban J connectivity index is 1.80. The third kappa shape index (κ3) is 4.16. The molecule has 0 atom stereocenters. The van der Waals surface area contributed by atoms with Crippen LogP contribution in [0.3, 0.4) is 0 Å². The highest BCUT2D eigenvalue weighted by Gasteiger charge is 2.06. The first-order valence-corrected chi connectivity index (χ1v) is 6.97. The van der Waals surface area contributed by atoms with Gasteiger partial charge in [0, 0.05) is 18.8 Å². The molecule has 0 saturated heterocycles. The van der Waals surface area contributed by atoms with Gasteiger partial charge in [-0.15, -0.1) is 10.2 Å². The smallest absolute Gasteiger partial charge is 0.276 e. The maximum atomic E-state index is 8.68. The van der Waals surface area contributed by atoms with E-state index in [9.17, 15) is 0 Å². The van der Waals surface area contributed by atoms with E-state index in [1.807, 2.05) is 18.2 Å². The number of aromatic nitrogens is 2. The van der Waals surface area contributed by atoms with Gasteiger partial charge in [0.25, 0.3) is 5.22 Å². The van der Waals surface area contributed by atoms with Crippen LogP contribution in [0, 0.1) is 0 Å². The van der Waals surface area contributed by atoms with Crippen LogP contribution in [0.4, 0.5) is 0 Å². The van der Waals surface area contributed by atoms with E-state index in [2.05, 4.69) is 22.3 Å². The van der Waals surface area contributed by atoms with Crippen LogP contribution in [0.15, 0.2) is 40.0 Å². The van der Waals surface area contributed by atoms with E-state index in [0.29, 0.717) is 11.1 Å². The number of aliphatic hydroxyl groups excluding tert-OH is 1. The van der Waals surface area contributed by atoms with Crippen LogP contribution in [-0.4, -0.2) is 27.7 Å². The van der Waals surface area contributed by atoms with Gasteiger partial charge in [-0.25, -0.2) is 0 Å². The molecule has 2 rings (SSSR count). The van der Waals surface area contributed by atoms with Gasteiger partial charge in [0.1, 0.15) is 0 Å². The second-order valence-corrected chi connectivity index (χ2v) is 4.92. The number of nitrogens with zero attached hydrogens (tertiary/aromatic N) is 2.